The number of ether oxygens (including phenoxy) is 1. The third-order valence-electron chi connectivity index (χ3n) is 5.44. The van der Waals surface area contributed by atoms with Crippen LogP contribution in [0.1, 0.15) is 28.9 Å². The molecule has 4 heterocycles. The Hall–Kier alpha value is -2.94. The molecule has 8 nitrogen and oxygen atoms in total. The topological polar surface area (TPSA) is 85.4 Å². The highest BCUT2D eigenvalue weighted by atomic mass is 32.2. The van der Waals surface area contributed by atoms with Gasteiger partial charge in [0.05, 0.1) is 19.3 Å². The first kappa shape index (κ1) is 19.0. The lowest BCUT2D eigenvalue weighted by Gasteiger charge is -2.15. The van der Waals surface area contributed by atoms with E-state index in [1.165, 1.54) is 0 Å². The molecule has 156 valence electrons. The number of carbonyl (C=O) groups excluding carboxylic acids is 1. The minimum absolute atomic E-state index is 0.204. The van der Waals surface area contributed by atoms with Crippen LogP contribution in [0.4, 0.5) is 5.82 Å². The first-order valence-corrected chi connectivity index (χ1v) is 11.1. The molecule has 0 radical (unpaired) electrons. The van der Waals surface area contributed by atoms with Crippen LogP contribution in [-0.4, -0.2) is 46.6 Å². The molecule has 0 spiro atoms. The van der Waals surface area contributed by atoms with Crippen LogP contribution in [0.2, 0.25) is 0 Å². The normalized spacial score (nSPS) is 15.4. The van der Waals surface area contributed by atoms with E-state index in [1.807, 2.05) is 30.5 Å². The molecule has 2 aliphatic rings. The number of anilines is 1. The van der Waals surface area contributed by atoms with Crippen molar-refractivity contribution < 1.29 is 14.1 Å². The summed E-state index contributed by atoms with van der Waals surface area (Å²) in [7, 11) is 1.62. The summed E-state index contributed by atoms with van der Waals surface area (Å²) in [6.07, 6.45) is 4.18. The van der Waals surface area contributed by atoms with Crippen LogP contribution in [-0.2, 0) is 13.1 Å². The van der Waals surface area contributed by atoms with E-state index in [-0.39, 0.29) is 5.91 Å². The van der Waals surface area contributed by atoms with Gasteiger partial charge in [-0.15, -0.1) is 0 Å². The average Bonchev–Trinajstić information content (AvgIpc) is 3.55. The van der Waals surface area contributed by atoms with Crippen molar-refractivity contribution in [1.82, 2.24) is 20.0 Å². The van der Waals surface area contributed by atoms with Gasteiger partial charge in [0.15, 0.2) is 16.7 Å². The van der Waals surface area contributed by atoms with Gasteiger partial charge in [0.25, 0.3) is 5.91 Å². The van der Waals surface area contributed by atoms with Gasteiger partial charge in [-0.05, 0) is 37.1 Å². The minimum Gasteiger partial charge on any atom is -0.497 e. The van der Waals surface area contributed by atoms with Gasteiger partial charge in [-0.2, -0.15) is 0 Å². The van der Waals surface area contributed by atoms with Crippen LogP contribution in [0, 0.1) is 0 Å². The van der Waals surface area contributed by atoms with Gasteiger partial charge in [0.1, 0.15) is 11.3 Å². The van der Waals surface area contributed by atoms with Crippen molar-refractivity contribution in [3.8, 4) is 17.1 Å². The van der Waals surface area contributed by atoms with Crippen LogP contribution in [0.3, 0.4) is 0 Å². The van der Waals surface area contributed by atoms with Crippen molar-refractivity contribution in [3.05, 3.63) is 41.7 Å². The minimum atomic E-state index is -0.204. The van der Waals surface area contributed by atoms with Gasteiger partial charge in [-0.25, -0.2) is 4.98 Å². The van der Waals surface area contributed by atoms with Gasteiger partial charge >= 0.3 is 0 Å². The number of methoxy groups -OCH3 is 1. The van der Waals surface area contributed by atoms with Crippen molar-refractivity contribution in [2.45, 2.75) is 31.1 Å². The van der Waals surface area contributed by atoms with Gasteiger partial charge in [-0.1, -0.05) is 16.9 Å². The van der Waals surface area contributed by atoms with Crippen LogP contribution >= 0.6 is 11.8 Å². The first-order chi connectivity index (χ1) is 14.7. The van der Waals surface area contributed by atoms with Crippen molar-refractivity contribution in [3.63, 3.8) is 0 Å². The number of hydrogen-bond acceptors (Lipinski definition) is 7. The van der Waals surface area contributed by atoms with Gasteiger partial charge in [0.2, 0.25) is 0 Å². The molecule has 1 N–H and O–H groups in total. The van der Waals surface area contributed by atoms with Crippen LogP contribution in [0.15, 0.2) is 40.1 Å². The summed E-state index contributed by atoms with van der Waals surface area (Å²) in [5, 5.41) is 8.30. The lowest BCUT2D eigenvalue weighted by Crippen LogP contribution is -2.27. The van der Waals surface area contributed by atoms with Crippen molar-refractivity contribution in [2.75, 3.05) is 30.9 Å². The summed E-state index contributed by atoms with van der Waals surface area (Å²) in [4.78, 5) is 20.0. The van der Waals surface area contributed by atoms with E-state index < -0.39 is 0 Å². The second kappa shape index (κ2) is 8.06. The zero-order chi connectivity index (χ0) is 20.5. The zero-order valence-electron chi connectivity index (χ0n) is 16.8. The van der Waals surface area contributed by atoms with Crippen molar-refractivity contribution in [2.24, 2.45) is 0 Å². The molecule has 0 bridgehead atoms. The summed E-state index contributed by atoms with van der Waals surface area (Å²) in [6.45, 7) is 3.08. The Bertz CT molecular complexity index is 1030. The van der Waals surface area contributed by atoms with Gasteiger partial charge in [0, 0.05) is 37.1 Å². The van der Waals surface area contributed by atoms with E-state index in [0.29, 0.717) is 23.7 Å². The Labute approximate surface area is 178 Å². The molecular formula is C21H23N5O3S. The highest BCUT2D eigenvalue weighted by molar-refractivity contribution is 7.99. The third-order valence-corrected chi connectivity index (χ3v) is 6.41. The van der Waals surface area contributed by atoms with E-state index in [1.54, 1.807) is 18.9 Å². The Morgan fingerprint density at radius 3 is 2.77 bits per heavy atom. The number of aryl methyl sites for hydroxylation is 1. The quantitative estimate of drug-likeness (QED) is 0.649. The fraction of sp³-hybridized carbons (Fsp3) is 0.381. The van der Waals surface area contributed by atoms with Crippen LogP contribution in [0.25, 0.3) is 11.3 Å². The predicted molar refractivity (Wildman–Crippen MR) is 114 cm³/mol. The number of hydrogen-bond donors (Lipinski definition) is 1. The SMILES string of the molecule is COc1ccc(-c2onc(N3CCCC3)c2C(=O)NCc2cn3c(n2)SCC3)cc1. The molecule has 30 heavy (non-hydrogen) atoms. The van der Waals surface area contributed by atoms with Gasteiger partial charge in [-0.3, -0.25) is 4.79 Å². The number of carbonyl (C=O) groups is 1. The second-order valence-corrected chi connectivity index (χ2v) is 8.43. The molecule has 0 unspecified atom stereocenters. The van der Waals surface area contributed by atoms with E-state index in [4.69, 9.17) is 9.26 Å². The second-order valence-electron chi connectivity index (χ2n) is 7.37. The molecule has 9 heteroatoms. The number of nitrogens with zero attached hydrogens (tertiary/aromatic N) is 4. The molecule has 2 aromatic heterocycles. The number of fused-ring (bicyclic) bond motifs is 1. The molecule has 2 aliphatic heterocycles. The molecule has 3 aromatic rings. The zero-order valence-corrected chi connectivity index (χ0v) is 17.6. The highest BCUT2D eigenvalue weighted by Gasteiger charge is 2.29. The van der Waals surface area contributed by atoms with Crippen LogP contribution in [0.5, 0.6) is 5.75 Å². The molecule has 0 atom stereocenters. The first-order valence-electron chi connectivity index (χ1n) is 10.1. The van der Waals surface area contributed by atoms with E-state index in [2.05, 4.69) is 24.9 Å². The number of imidazole rings is 1. The summed E-state index contributed by atoms with van der Waals surface area (Å²) in [5.74, 6) is 2.68. The molecule has 0 saturated carbocycles. The number of aromatic nitrogens is 3. The maximum atomic E-state index is 13.2. The van der Waals surface area contributed by atoms with Crippen LogP contribution < -0.4 is 15.0 Å². The maximum Gasteiger partial charge on any atom is 0.259 e. The number of nitrogens with one attached hydrogen (secondary N) is 1. The summed E-state index contributed by atoms with van der Waals surface area (Å²) >= 11 is 1.74. The number of thioether (sulfide) groups is 1. The smallest absolute Gasteiger partial charge is 0.259 e. The summed E-state index contributed by atoms with van der Waals surface area (Å²) in [6, 6.07) is 7.45. The molecule has 0 aliphatic carbocycles. The maximum absolute atomic E-state index is 13.2. The fourth-order valence-corrected chi connectivity index (χ4v) is 4.84. The van der Waals surface area contributed by atoms with E-state index >= 15 is 0 Å². The third kappa shape index (κ3) is 3.54. The van der Waals surface area contributed by atoms with Gasteiger partial charge < -0.3 is 24.0 Å². The monoisotopic (exact) mass is 425 g/mol. The average molecular weight is 426 g/mol. The largest absolute Gasteiger partial charge is 0.497 e. The lowest BCUT2D eigenvalue weighted by atomic mass is 10.1. The number of amides is 1. The standard InChI is InChI=1S/C21H23N5O3S/c1-28-16-6-4-14(5-7-16)18-17(19(24-29-18)25-8-2-3-9-25)20(27)22-12-15-13-26-10-11-30-21(26)23-15/h4-7,13H,2-3,8-12H2,1H3,(H,22,27). The fourth-order valence-electron chi connectivity index (χ4n) is 3.88. The number of benzene rings is 1. The summed E-state index contributed by atoms with van der Waals surface area (Å²) < 4.78 is 13.0. The van der Waals surface area contributed by atoms with Crippen molar-refractivity contribution in [1.29, 1.82) is 0 Å². The van der Waals surface area contributed by atoms with E-state index in [9.17, 15) is 4.79 Å². The Morgan fingerprint density at radius 1 is 1.23 bits per heavy atom. The molecule has 5 rings (SSSR count). The predicted octanol–water partition coefficient (Wildman–Crippen LogP) is 3.18. The Morgan fingerprint density at radius 2 is 2.03 bits per heavy atom. The Kier molecular flexibility index (Phi) is 5.12. The molecular weight excluding hydrogens is 402 g/mol. The Balaban J connectivity index is 1.42. The number of rotatable bonds is 6. The molecule has 1 aromatic carbocycles. The highest BCUT2D eigenvalue weighted by Crippen LogP contribution is 2.34. The summed E-state index contributed by atoms with van der Waals surface area (Å²) in [5.41, 5.74) is 2.12. The lowest BCUT2D eigenvalue weighted by molar-refractivity contribution is 0.0951. The van der Waals surface area contributed by atoms with Crippen molar-refractivity contribution >= 4 is 23.5 Å². The molecule has 1 amide bonds. The van der Waals surface area contributed by atoms with E-state index in [0.717, 1.165) is 60.4 Å². The molecule has 1 saturated heterocycles. The molecule has 1 fully saturated rings.